The molecular weight excluding hydrogens is 462 g/mol. The second kappa shape index (κ2) is 11.1. The Labute approximate surface area is 200 Å². The van der Waals surface area contributed by atoms with E-state index in [1.807, 2.05) is 37.3 Å². The topological polar surface area (TPSA) is 113 Å². The third-order valence-electron chi connectivity index (χ3n) is 5.00. The van der Waals surface area contributed by atoms with E-state index in [0.717, 1.165) is 17.2 Å². The molecule has 172 valence electrons. The maximum absolute atomic E-state index is 12.7. The number of thioether (sulfide) groups is 1. The summed E-state index contributed by atoms with van der Waals surface area (Å²) < 4.78 is 0.532. The number of aryl methyl sites for hydroxylation is 1. The zero-order valence-corrected chi connectivity index (χ0v) is 19.6. The van der Waals surface area contributed by atoms with Gasteiger partial charge in [0.25, 0.3) is 11.6 Å². The standard InChI is InChI=1S/C23H23N3O5S2/c1-15-6-8-16(9-7-15)13-20-22(29)25(23(32)33-20)12-4-2-3-5-21(28)24-18-11-10-17(26(30)31)14-19(18)27/h6-11,13-14,27H,2-5,12H2,1H3,(H,24,28)/b20-13-. The van der Waals surface area contributed by atoms with Gasteiger partial charge in [0, 0.05) is 19.0 Å². The summed E-state index contributed by atoms with van der Waals surface area (Å²) in [6.45, 7) is 2.49. The van der Waals surface area contributed by atoms with Crippen molar-refractivity contribution in [3.8, 4) is 5.75 Å². The van der Waals surface area contributed by atoms with Gasteiger partial charge in [0.1, 0.15) is 10.1 Å². The number of phenolic OH excluding ortho intramolecular Hbond substituents is 1. The molecule has 2 aromatic carbocycles. The minimum atomic E-state index is -0.623. The summed E-state index contributed by atoms with van der Waals surface area (Å²) in [7, 11) is 0. The van der Waals surface area contributed by atoms with Crippen LogP contribution in [-0.2, 0) is 9.59 Å². The molecule has 8 nitrogen and oxygen atoms in total. The number of rotatable bonds is 9. The molecule has 0 spiro atoms. The second-order valence-electron chi connectivity index (χ2n) is 7.56. The first-order chi connectivity index (χ1) is 15.7. The van der Waals surface area contributed by atoms with E-state index in [-0.39, 0.29) is 35.4 Å². The monoisotopic (exact) mass is 485 g/mol. The Balaban J connectivity index is 1.42. The van der Waals surface area contributed by atoms with Crippen molar-refractivity contribution in [2.75, 3.05) is 11.9 Å². The fraction of sp³-hybridized carbons (Fsp3) is 0.261. The van der Waals surface area contributed by atoms with Gasteiger partial charge in [-0.25, -0.2) is 0 Å². The number of thiocarbonyl (C=S) groups is 1. The smallest absolute Gasteiger partial charge is 0.273 e. The van der Waals surface area contributed by atoms with Gasteiger partial charge in [0.05, 0.1) is 21.6 Å². The summed E-state index contributed by atoms with van der Waals surface area (Å²) in [5.74, 6) is -0.756. The maximum Gasteiger partial charge on any atom is 0.273 e. The molecule has 0 saturated carbocycles. The molecule has 2 amide bonds. The first-order valence-corrected chi connectivity index (χ1v) is 11.6. The Bertz CT molecular complexity index is 1120. The van der Waals surface area contributed by atoms with Crippen LogP contribution >= 0.6 is 24.0 Å². The molecule has 1 aliphatic heterocycles. The number of aromatic hydroxyl groups is 1. The summed E-state index contributed by atoms with van der Waals surface area (Å²) in [5.41, 5.74) is 1.97. The molecule has 0 aromatic heterocycles. The molecule has 0 atom stereocenters. The SMILES string of the molecule is Cc1ccc(/C=C2\SC(=S)N(CCCCCC(=O)Nc3ccc([N+](=O)[O-])cc3O)C2=O)cc1. The van der Waals surface area contributed by atoms with E-state index < -0.39 is 4.92 Å². The van der Waals surface area contributed by atoms with E-state index in [4.69, 9.17) is 12.2 Å². The fourth-order valence-corrected chi connectivity index (χ4v) is 4.50. The molecule has 0 bridgehead atoms. The van der Waals surface area contributed by atoms with Gasteiger partial charge in [0.15, 0.2) is 0 Å². The Morgan fingerprint density at radius 1 is 1.21 bits per heavy atom. The minimum Gasteiger partial charge on any atom is -0.506 e. The molecule has 0 radical (unpaired) electrons. The number of nitrogens with one attached hydrogen (secondary N) is 1. The number of carbonyl (C=O) groups excluding carboxylic acids is 2. The molecular formula is C23H23N3O5S2. The van der Waals surface area contributed by atoms with Crippen molar-refractivity contribution in [2.24, 2.45) is 0 Å². The zero-order chi connectivity index (χ0) is 24.0. The van der Waals surface area contributed by atoms with Gasteiger partial charge in [-0.2, -0.15) is 0 Å². The van der Waals surface area contributed by atoms with Crippen LogP contribution in [0, 0.1) is 17.0 Å². The molecule has 1 fully saturated rings. The number of hydrogen-bond donors (Lipinski definition) is 2. The van der Waals surface area contributed by atoms with Crippen LogP contribution < -0.4 is 5.32 Å². The van der Waals surface area contributed by atoms with Crippen molar-refractivity contribution in [1.29, 1.82) is 0 Å². The zero-order valence-electron chi connectivity index (χ0n) is 17.9. The van der Waals surface area contributed by atoms with Gasteiger partial charge >= 0.3 is 0 Å². The van der Waals surface area contributed by atoms with Gasteiger partial charge in [0.2, 0.25) is 5.91 Å². The van der Waals surface area contributed by atoms with Crippen molar-refractivity contribution in [1.82, 2.24) is 4.90 Å². The third kappa shape index (κ3) is 6.62. The summed E-state index contributed by atoms with van der Waals surface area (Å²) in [6, 6.07) is 11.4. The van der Waals surface area contributed by atoms with E-state index in [2.05, 4.69) is 5.32 Å². The number of non-ortho nitro benzene ring substituents is 1. The minimum absolute atomic E-state index is 0.100. The molecule has 0 unspecified atom stereocenters. The molecule has 10 heteroatoms. The van der Waals surface area contributed by atoms with Crippen molar-refractivity contribution >= 4 is 57.6 Å². The summed E-state index contributed by atoms with van der Waals surface area (Å²) in [4.78, 5) is 37.1. The molecule has 0 aliphatic carbocycles. The number of carbonyl (C=O) groups is 2. The summed E-state index contributed by atoms with van der Waals surface area (Å²) in [5, 5.41) is 23.1. The molecule has 1 aliphatic rings. The van der Waals surface area contributed by atoms with E-state index in [0.29, 0.717) is 35.0 Å². The van der Waals surface area contributed by atoms with Crippen LogP contribution in [0.4, 0.5) is 11.4 Å². The number of benzene rings is 2. The number of nitro benzene ring substituents is 1. The predicted molar refractivity (Wildman–Crippen MR) is 133 cm³/mol. The molecule has 33 heavy (non-hydrogen) atoms. The van der Waals surface area contributed by atoms with Gasteiger partial charge in [-0.05, 0) is 37.5 Å². The predicted octanol–water partition coefficient (Wildman–Crippen LogP) is 5.01. The van der Waals surface area contributed by atoms with Crippen LogP contribution in [0.15, 0.2) is 47.4 Å². The first-order valence-electron chi connectivity index (χ1n) is 10.3. The Morgan fingerprint density at radius 2 is 1.94 bits per heavy atom. The van der Waals surface area contributed by atoms with E-state index >= 15 is 0 Å². The quantitative estimate of drug-likeness (QED) is 0.128. The Hall–Kier alpha value is -3.24. The lowest BCUT2D eigenvalue weighted by Crippen LogP contribution is -2.29. The van der Waals surface area contributed by atoms with Crippen molar-refractivity contribution in [3.05, 3.63) is 68.6 Å². The average Bonchev–Trinajstić information content (AvgIpc) is 3.03. The highest BCUT2D eigenvalue weighted by atomic mass is 32.2. The highest BCUT2D eigenvalue weighted by molar-refractivity contribution is 8.26. The second-order valence-corrected chi connectivity index (χ2v) is 9.24. The van der Waals surface area contributed by atoms with Crippen LogP contribution in [0.1, 0.15) is 36.8 Å². The Morgan fingerprint density at radius 3 is 2.61 bits per heavy atom. The largest absolute Gasteiger partial charge is 0.506 e. The van der Waals surface area contributed by atoms with E-state index in [1.165, 1.54) is 23.9 Å². The number of anilines is 1. The number of phenols is 1. The number of hydrogen-bond acceptors (Lipinski definition) is 7. The average molecular weight is 486 g/mol. The third-order valence-corrected chi connectivity index (χ3v) is 6.38. The number of unbranched alkanes of at least 4 members (excludes halogenated alkanes) is 2. The highest BCUT2D eigenvalue weighted by Gasteiger charge is 2.31. The van der Waals surface area contributed by atoms with E-state index in [1.54, 1.807) is 4.90 Å². The normalized spacial score (nSPS) is 14.7. The lowest BCUT2D eigenvalue weighted by atomic mass is 10.1. The van der Waals surface area contributed by atoms with Gasteiger partial charge < -0.3 is 10.4 Å². The fourth-order valence-electron chi connectivity index (χ4n) is 3.19. The molecule has 3 rings (SSSR count). The Kier molecular flexibility index (Phi) is 8.18. The van der Waals surface area contributed by atoms with Crippen LogP contribution in [-0.4, -0.2) is 37.6 Å². The van der Waals surface area contributed by atoms with Crippen molar-refractivity contribution in [3.63, 3.8) is 0 Å². The lowest BCUT2D eigenvalue weighted by molar-refractivity contribution is -0.384. The molecule has 1 heterocycles. The lowest BCUT2D eigenvalue weighted by Gasteiger charge is -2.14. The van der Waals surface area contributed by atoms with Gasteiger partial charge in [-0.15, -0.1) is 0 Å². The molecule has 2 aromatic rings. The van der Waals surface area contributed by atoms with Crippen LogP contribution in [0.25, 0.3) is 6.08 Å². The first kappa shape index (κ1) is 24.4. The van der Waals surface area contributed by atoms with Crippen LogP contribution in [0.5, 0.6) is 5.75 Å². The van der Waals surface area contributed by atoms with Crippen molar-refractivity contribution < 1.29 is 19.6 Å². The number of nitro groups is 1. The van der Waals surface area contributed by atoms with Gasteiger partial charge in [-0.3, -0.25) is 24.6 Å². The number of amides is 2. The number of nitrogens with zero attached hydrogens (tertiary/aromatic N) is 2. The van der Waals surface area contributed by atoms with Gasteiger partial charge in [-0.1, -0.05) is 60.2 Å². The molecule has 1 saturated heterocycles. The van der Waals surface area contributed by atoms with Crippen molar-refractivity contribution in [2.45, 2.75) is 32.6 Å². The molecule has 2 N–H and O–H groups in total. The van der Waals surface area contributed by atoms with Crippen LogP contribution in [0.3, 0.4) is 0 Å². The summed E-state index contributed by atoms with van der Waals surface area (Å²) >= 11 is 6.65. The maximum atomic E-state index is 12.7. The summed E-state index contributed by atoms with van der Waals surface area (Å²) in [6.07, 6.45) is 4.07. The van der Waals surface area contributed by atoms with E-state index in [9.17, 15) is 24.8 Å². The van der Waals surface area contributed by atoms with Crippen LogP contribution in [0.2, 0.25) is 0 Å². The highest BCUT2D eigenvalue weighted by Crippen LogP contribution is 2.33.